The Bertz CT molecular complexity index is 815. The number of anilines is 1. The number of amides is 2. The van der Waals surface area contributed by atoms with Crippen molar-refractivity contribution in [3.63, 3.8) is 0 Å². The maximum Gasteiger partial charge on any atom is 0.573 e. The van der Waals surface area contributed by atoms with Crippen molar-refractivity contribution in [2.45, 2.75) is 24.7 Å². The minimum atomic E-state index is -4.77. The molecule has 26 heavy (non-hydrogen) atoms. The molecular weight excluding hydrogens is 353 g/mol. The number of carbonyl (C=O) groups is 1. The second-order valence-corrected chi connectivity index (χ2v) is 5.93. The first-order valence-corrected chi connectivity index (χ1v) is 7.74. The van der Waals surface area contributed by atoms with E-state index in [0.29, 0.717) is 30.1 Å². The number of alkyl halides is 3. The molecule has 0 bridgehead atoms. The van der Waals surface area contributed by atoms with Gasteiger partial charge in [0.25, 0.3) is 0 Å². The van der Waals surface area contributed by atoms with Gasteiger partial charge in [0, 0.05) is 13.1 Å². The molecule has 2 amide bonds. The zero-order chi connectivity index (χ0) is 18.9. The molecule has 1 aromatic carbocycles. The van der Waals surface area contributed by atoms with Crippen LogP contribution in [0.3, 0.4) is 0 Å². The van der Waals surface area contributed by atoms with E-state index in [9.17, 15) is 18.0 Å². The number of methoxy groups -OCH3 is 1. The van der Waals surface area contributed by atoms with Gasteiger partial charge in [-0.3, -0.25) is 5.32 Å². The predicted molar refractivity (Wildman–Crippen MR) is 86.0 cm³/mol. The maximum absolute atomic E-state index is 12.4. The van der Waals surface area contributed by atoms with Crippen LogP contribution in [-0.4, -0.2) is 29.3 Å². The third-order valence-electron chi connectivity index (χ3n) is 4.01. The number of ether oxygens (including phenoxy) is 2. The summed E-state index contributed by atoms with van der Waals surface area (Å²) < 4.78 is 47.6. The van der Waals surface area contributed by atoms with Crippen LogP contribution in [0.4, 0.5) is 23.8 Å². The smallest absolute Gasteiger partial charge is 0.481 e. The molecule has 1 fully saturated rings. The number of aryl methyl sites for hydroxylation is 1. The van der Waals surface area contributed by atoms with Crippen molar-refractivity contribution in [1.82, 2.24) is 15.1 Å². The van der Waals surface area contributed by atoms with Crippen LogP contribution in [0, 0.1) is 0 Å². The SMILES string of the molecule is COc1cc(NC(=O)NC2(c3cccc(OC(F)(F)F)c3)CC2)nn1C. The highest BCUT2D eigenvalue weighted by Gasteiger charge is 2.46. The number of urea groups is 1. The van der Waals surface area contributed by atoms with Gasteiger partial charge in [0.2, 0.25) is 5.88 Å². The molecule has 0 radical (unpaired) electrons. The van der Waals surface area contributed by atoms with Gasteiger partial charge in [-0.1, -0.05) is 12.1 Å². The van der Waals surface area contributed by atoms with Gasteiger partial charge in [-0.2, -0.15) is 5.10 Å². The van der Waals surface area contributed by atoms with Crippen molar-refractivity contribution >= 4 is 11.8 Å². The fraction of sp³-hybridized carbons (Fsp3) is 0.375. The van der Waals surface area contributed by atoms with Gasteiger partial charge in [0.15, 0.2) is 5.82 Å². The van der Waals surface area contributed by atoms with Crippen LogP contribution in [0.25, 0.3) is 0 Å². The molecule has 10 heteroatoms. The Kier molecular flexibility index (Phi) is 4.43. The van der Waals surface area contributed by atoms with Crippen molar-refractivity contribution in [2.75, 3.05) is 12.4 Å². The average molecular weight is 370 g/mol. The summed E-state index contributed by atoms with van der Waals surface area (Å²) >= 11 is 0. The Labute approximate surface area is 147 Å². The fourth-order valence-electron chi connectivity index (χ4n) is 2.67. The Hall–Kier alpha value is -2.91. The lowest BCUT2D eigenvalue weighted by Gasteiger charge is -2.19. The van der Waals surface area contributed by atoms with Gasteiger partial charge < -0.3 is 14.8 Å². The molecule has 1 saturated carbocycles. The summed E-state index contributed by atoms with van der Waals surface area (Å²) in [6.45, 7) is 0. The molecule has 3 rings (SSSR count). The molecule has 0 spiro atoms. The Balaban J connectivity index is 1.69. The quantitative estimate of drug-likeness (QED) is 0.848. The van der Waals surface area contributed by atoms with Crippen molar-refractivity contribution in [3.8, 4) is 11.6 Å². The number of rotatable bonds is 5. The van der Waals surface area contributed by atoms with Crippen LogP contribution in [0.1, 0.15) is 18.4 Å². The Morgan fingerprint density at radius 2 is 2.04 bits per heavy atom. The molecular formula is C16H17F3N4O3. The van der Waals surface area contributed by atoms with E-state index < -0.39 is 17.9 Å². The number of nitrogens with one attached hydrogen (secondary N) is 2. The molecule has 1 aliphatic rings. The van der Waals surface area contributed by atoms with Crippen molar-refractivity contribution in [3.05, 3.63) is 35.9 Å². The van der Waals surface area contributed by atoms with Crippen LogP contribution in [0.15, 0.2) is 30.3 Å². The highest BCUT2D eigenvalue weighted by molar-refractivity contribution is 5.89. The third kappa shape index (κ3) is 4.01. The molecule has 2 N–H and O–H groups in total. The molecule has 7 nitrogen and oxygen atoms in total. The van der Waals surface area contributed by atoms with E-state index in [0.717, 1.165) is 0 Å². The predicted octanol–water partition coefficient (Wildman–Crippen LogP) is 3.14. The standard InChI is InChI=1S/C16H17F3N4O3/c1-23-13(25-2)9-12(22-23)20-14(24)21-15(6-7-15)10-4-3-5-11(8-10)26-16(17,18)19/h3-5,8-9H,6-7H2,1-2H3,(H2,20,21,22,24). The van der Waals surface area contributed by atoms with Gasteiger partial charge in [-0.15, -0.1) is 13.2 Å². The number of hydrogen-bond acceptors (Lipinski definition) is 4. The van der Waals surface area contributed by atoms with E-state index in [1.54, 1.807) is 19.2 Å². The summed E-state index contributed by atoms with van der Waals surface area (Å²) in [7, 11) is 3.15. The van der Waals surface area contributed by atoms with E-state index in [4.69, 9.17) is 4.74 Å². The summed E-state index contributed by atoms with van der Waals surface area (Å²) in [5.74, 6) is 0.447. The van der Waals surface area contributed by atoms with E-state index in [1.165, 1.54) is 30.0 Å². The lowest BCUT2D eigenvalue weighted by molar-refractivity contribution is -0.274. The van der Waals surface area contributed by atoms with Crippen LogP contribution in [0.5, 0.6) is 11.6 Å². The maximum atomic E-state index is 12.4. The monoisotopic (exact) mass is 370 g/mol. The first-order valence-electron chi connectivity index (χ1n) is 7.74. The summed E-state index contributed by atoms with van der Waals surface area (Å²) in [5, 5.41) is 9.45. The number of hydrogen-bond donors (Lipinski definition) is 2. The number of aromatic nitrogens is 2. The van der Waals surface area contributed by atoms with Gasteiger partial charge >= 0.3 is 12.4 Å². The Morgan fingerprint density at radius 3 is 2.62 bits per heavy atom. The number of carbonyl (C=O) groups excluding carboxylic acids is 1. The van der Waals surface area contributed by atoms with Crippen molar-refractivity contribution in [1.29, 1.82) is 0 Å². The average Bonchev–Trinajstić information content (AvgIpc) is 3.23. The van der Waals surface area contributed by atoms with E-state index >= 15 is 0 Å². The number of nitrogens with zero attached hydrogens (tertiary/aromatic N) is 2. The zero-order valence-electron chi connectivity index (χ0n) is 14.1. The van der Waals surface area contributed by atoms with E-state index in [-0.39, 0.29) is 5.75 Å². The van der Waals surface area contributed by atoms with Crippen LogP contribution < -0.4 is 20.1 Å². The molecule has 0 atom stereocenters. The summed E-state index contributed by atoms with van der Waals surface area (Å²) in [4.78, 5) is 12.2. The molecule has 0 saturated heterocycles. The normalized spacial score (nSPS) is 15.3. The second-order valence-electron chi connectivity index (χ2n) is 5.93. The third-order valence-corrected chi connectivity index (χ3v) is 4.01. The molecule has 1 heterocycles. The molecule has 1 aromatic heterocycles. The fourth-order valence-corrected chi connectivity index (χ4v) is 2.67. The van der Waals surface area contributed by atoms with Crippen LogP contribution >= 0.6 is 0 Å². The summed E-state index contributed by atoms with van der Waals surface area (Å²) in [6, 6.07) is 6.65. The summed E-state index contributed by atoms with van der Waals surface area (Å²) in [5.41, 5.74) is -0.165. The highest BCUT2D eigenvalue weighted by Crippen LogP contribution is 2.46. The molecule has 0 aliphatic heterocycles. The first kappa shape index (κ1) is 17.9. The minimum Gasteiger partial charge on any atom is -0.481 e. The van der Waals surface area contributed by atoms with Crippen molar-refractivity contribution < 1.29 is 27.4 Å². The lowest BCUT2D eigenvalue weighted by Crippen LogP contribution is -2.38. The van der Waals surface area contributed by atoms with Crippen LogP contribution in [0.2, 0.25) is 0 Å². The van der Waals surface area contributed by atoms with Crippen molar-refractivity contribution in [2.24, 2.45) is 7.05 Å². The van der Waals surface area contributed by atoms with Gasteiger partial charge in [-0.05, 0) is 30.5 Å². The molecule has 140 valence electrons. The minimum absolute atomic E-state index is 0.298. The van der Waals surface area contributed by atoms with Gasteiger partial charge in [0.1, 0.15) is 5.75 Å². The highest BCUT2D eigenvalue weighted by atomic mass is 19.4. The lowest BCUT2D eigenvalue weighted by atomic mass is 10.0. The van der Waals surface area contributed by atoms with E-state index in [1.807, 2.05) is 0 Å². The van der Waals surface area contributed by atoms with Crippen LogP contribution in [-0.2, 0) is 12.6 Å². The zero-order valence-corrected chi connectivity index (χ0v) is 14.1. The number of halogens is 3. The summed E-state index contributed by atoms with van der Waals surface area (Å²) in [6.07, 6.45) is -3.54. The molecule has 1 aliphatic carbocycles. The molecule has 2 aromatic rings. The van der Waals surface area contributed by atoms with Gasteiger partial charge in [0.05, 0.1) is 12.6 Å². The largest absolute Gasteiger partial charge is 0.573 e. The van der Waals surface area contributed by atoms with Gasteiger partial charge in [-0.25, -0.2) is 9.48 Å². The number of benzene rings is 1. The first-order chi connectivity index (χ1) is 12.2. The topological polar surface area (TPSA) is 77.4 Å². The van der Waals surface area contributed by atoms with E-state index in [2.05, 4.69) is 20.5 Å². The second kappa shape index (κ2) is 6.43. The Morgan fingerprint density at radius 1 is 1.31 bits per heavy atom. The molecule has 0 unspecified atom stereocenters.